The van der Waals surface area contributed by atoms with Gasteiger partial charge in [0.1, 0.15) is 5.00 Å². The van der Waals surface area contributed by atoms with E-state index in [9.17, 15) is 9.59 Å². The number of carboxylic acids is 1. The van der Waals surface area contributed by atoms with Gasteiger partial charge in [0, 0.05) is 15.6 Å². The number of rotatable bonds is 3. The zero-order valence-corrected chi connectivity index (χ0v) is 12.0. The van der Waals surface area contributed by atoms with Crippen LogP contribution in [0.15, 0.2) is 30.3 Å². The third-order valence-corrected chi connectivity index (χ3v) is 3.60. The highest BCUT2D eigenvalue weighted by Gasteiger charge is 2.15. The van der Waals surface area contributed by atoms with Crippen LogP contribution in [0.25, 0.3) is 0 Å². The molecule has 0 aliphatic heterocycles. The lowest BCUT2D eigenvalue weighted by Crippen LogP contribution is -2.19. The molecule has 1 aromatic carbocycles. The molecular weight excluding hydrogens is 300 g/mol. The predicted octanol–water partition coefficient (Wildman–Crippen LogP) is 4.05. The number of carbonyl (C=O) groups is 2. The number of hydrogen-bond donors (Lipinski definition) is 3. The Labute approximate surface area is 124 Å². The Bertz CT molecular complexity index is 669. The molecule has 1 heterocycles. The number of thiophene rings is 1. The second-order valence-electron chi connectivity index (χ2n) is 3.99. The fourth-order valence-corrected chi connectivity index (χ4v) is 2.69. The molecular formula is C13H11ClN2O3S. The van der Waals surface area contributed by atoms with Crippen LogP contribution in [0.1, 0.15) is 15.2 Å². The number of nitrogens with one attached hydrogen (secondary N) is 2. The van der Waals surface area contributed by atoms with Crippen molar-refractivity contribution < 1.29 is 14.7 Å². The van der Waals surface area contributed by atoms with Crippen molar-refractivity contribution in [3.8, 4) is 0 Å². The van der Waals surface area contributed by atoms with E-state index in [1.807, 2.05) is 0 Å². The number of urea groups is 1. The van der Waals surface area contributed by atoms with Crippen LogP contribution in [0.5, 0.6) is 0 Å². The first kappa shape index (κ1) is 14.4. The van der Waals surface area contributed by atoms with E-state index in [0.717, 1.165) is 4.88 Å². The van der Waals surface area contributed by atoms with Gasteiger partial charge in [0.25, 0.3) is 0 Å². The first-order valence-corrected chi connectivity index (χ1v) is 6.82. The molecule has 0 fully saturated rings. The van der Waals surface area contributed by atoms with Crippen molar-refractivity contribution >= 4 is 45.6 Å². The second kappa shape index (κ2) is 5.94. The number of halogens is 1. The standard InChI is InChI=1S/C13H11ClN2O3S/c1-7-5-10(12(17)18)11(20-7)16-13(19)15-9-4-2-3-8(14)6-9/h2-6H,1H3,(H,17,18)(H2,15,16,19). The lowest BCUT2D eigenvalue weighted by atomic mass is 10.3. The topological polar surface area (TPSA) is 78.4 Å². The predicted molar refractivity (Wildman–Crippen MR) is 80.1 cm³/mol. The lowest BCUT2D eigenvalue weighted by Gasteiger charge is -2.07. The van der Waals surface area contributed by atoms with Gasteiger partial charge in [-0.25, -0.2) is 9.59 Å². The highest BCUT2D eigenvalue weighted by atomic mass is 35.5. The van der Waals surface area contributed by atoms with Gasteiger partial charge in [0.2, 0.25) is 0 Å². The number of hydrogen-bond acceptors (Lipinski definition) is 3. The van der Waals surface area contributed by atoms with Crippen molar-refractivity contribution in [2.75, 3.05) is 10.6 Å². The highest BCUT2D eigenvalue weighted by Crippen LogP contribution is 2.27. The summed E-state index contributed by atoms with van der Waals surface area (Å²) < 4.78 is 0. The monoisotopic (exact) mass is 310 g/mol. The molecule has 0 aliphatic carbocycles. The molecule has 2 rings (SSSR count). The van der Waals surface area contributed by atoms with Crippen molar-refractivity contribution in [2.24, 2.45) is 0 Å². The largest absolute Gasteiger partial charge is 0.478 e. The molecule has 0 radical (unpaired) electrons. The Balaban J connectivity index is 2.10. The van der Waals surface area contributed by atoms with E-state index in [-0.39, 0.29) is 5.56 Å². The second-order valence-corrected chi connectivity index (χ2v) is 5.69. The molecule has 0 bridgehead atoms. The molecule has 5 nitrogen and oxygen atoms in total. The number of amides is 2. The van der Waals surface area contributed by atoms with Gasteiger partial charge in [0.05, 0.1) is 5.56 Å². The van der Waals surface area contributed by atoms with Crippen molar-refractivity contribution in [1.82, 2.24) is 0 Å². The molecule has 0 aliphatic rings. The maximum Gasteiger partial charge on any atom is 0.338 e. The molecule has 0 spiro atoms. The summed E-state index contributed by atoms with van der Waals surface area (Å²) in [5.41, 5.74) is 0.605. The normalized spacial score (nSPS) is 10.1. The van der Waals surface area contributed by atoms with Crippen LogP contribution in [0.3, 0.4) is 0 Å². The van der Waals surface area contributed by atoms with E-state index < -0.39 is 12.0 Å². The molecule has 0 saturated heterocycles. The van der Waals surface area contributed by atoms with Crippen molar-refractivity contribution in [2.45, 2.75) is 6.92 Å². The molecule has 2 aromatic rings. The van der Waals surface area contributed by atoms with E-state index in [2.05, 4.69) is 10.6 Å². The molecule has 20 heavy (non-hydrogen) atoms. The lowest BCUT2D eigenvalue weighted by molar-refractivity contribution is 0.0698. The number of carboxylic acid groups (broad SMARTS) is 1. The van der Waals surface area contributed by atoms with E-state index in [1.165, 1.54) is 17.4 Å². The van der Waals surface area contributed by atoms with E-state index in [4.69, 9.17) is 16.7 Å². The van der Waals surface area contributed by atoms with Crippen LogP contribution in [-0.4, -0.2) is 17.1 Å². The molecule has 2 amide bonds. The zero-order valence-electron chi connectivity index (χ0n) is 10.4. The maximum absolute atomic E-state index is 11.8. The Morgan fingerprint density at radius 2 is 2.00 bits per heavy atom. The van der Waals surface area contributed by atoms with Crippen LogP contribution in [0, 0.1) is 6.92 Å². The summed E-state index contributed by atoms with van der Waals surface area (Å²) in [7, 11) is 0. The minimum Gasteiger partial charge on any atom is -0.478 e. The summed E-state index contributed by atoms with van der Waals surface area (Å²) in [5.74, 6) is -1.08. The number of aryl methyl sites for hydroxylation is 1. The van der Waals surface area contributed by atoms with Crippen molar-refractivity contribution in [1.29, 1.82) is 0 Å². The molecule has 0 atom stereocenters. The Kier molecular flexibility index (Phi) is 4.26. The minimum absolute atomic E-state index is 0.0775. The highest BCUT2D eigenvalue weighted by molar-refractivity contribution is 7.16. The number of anilines is 2. The third kappa shape index (κ3) is 3.49. The molecule has 104 valence electrons. The molecule has 0 saturated carbocycles. The first-order valence-electron chi connectivity index (χ1n) is 5.63. The van der Waals surface area contributed by atoms with Crippen LogP contribution in [0.4, 0.5) is 15.5 Å². The fraction of sp³-hybridized carbons (Fsp3) is 0.0769. The zero-order chi connectivity index (χ0) is 14.7. The first-order chi connectivity index (χ1) is 9.45. The van der Waals surface area contributed by atoms with Crippen LogP contribution >= 0.6 is 22.9 Å². The van der Waals surface area contributed by atoms with Crippen LogP contribution in [-0.2, 0) is 0 Å². The summed E-state index contributed by atoms with van der Waals surface area (Å²) in [6.07, 6.45) is 0. The number of aromatic carboxylic acids is 1. The fourth-order valence-electron chi connectivity index (χ4n) is 1.60. The average molecular weight is 311 g/mol. The summed E-state index contributed by atoms with van der Waals surface area (Å²) >= 11 is 7.02. The van der Waals surface area contributed by atoms with Gasteiger partial charge in [-0.1, -0.05) is 17.7 Å². The van der Waals surface area contributed by atoms with Gasteiger partial charge in [0.15, 0.2) is 0 Å². The van der Waals surface area contributed by atoms with Gasteiger partial charge in [-0.2, -0.15) is 0 Å². The van der Waals surface area contributed by atoms with Gasteiger partial charge in [-0.05, 0) is 31.2 Å². The number of benzene rings is 1. The van der Waals surface area contributed by atoms with Gasteiger partial charge < -0.3 is 10.4 Å². The van der Waals surface area contributed by atoms with Gasteiger partial charge >= 0.3 is 12.0 Å². The van der Waals surface area contributed by atoms with E-state index in [0.29, 0.717) is 15.7 Å². The maximum atomic E-state index is 11.8. The van der Waals surface area contributed by atoms with Gasteiger partial charge in [-0.15, -0.1) is 11.3 Å². The molecule has 1 aromatic heterocycles. The summed E-state index contributed by atoms with van der Waals surface area (Å²) in [6, 6.07) is 7.67. The average Bonchev–Trinajstić information content (AvgIpc) is 2.70. The minimum atomic E-state index is -1.08. The Morgan fingerprint density at radius 3 is 2.65 bits per heavy atom. The quantitative estimate of drug-likeness (QED) is 0.800. The Hall–Kier alpha value is -2.05. The van der Waals surface area contributed by atoms with Crippen molar-refractivity contribution in [3.63, 3.8) is 0 Å². The molecule has 0 unspecified atom stereocenters. The molecule has 7 heteroatoms. The van der Waals surface area contributed by atoms with Crippen LogP contribution in [0.2, 0.25) is 5.02 Å². The third-order valence-electron chi connectivity index (χ3n) is 2.40. The molecule has 3 N–H and O–H groups in total. The summed E-state index contributed by atoms with van der Waals surface area (Å²) in [4.78, 5) is 23.7. The van der Waals surface area contributed by atoms with E-state index >= 15 is 0 Å². The van der Waals surface area contributed by atoms with Crippen molar-refractivity contribution in [3.05, 3.63) is 45.8 Å². The van der Waals surface area contributed by atoms with Gasteiger partial charge in [-0.3, -0.25) is 5.32 Å². The number of carbonyl (C=O) groups excluding carboxylic acids is 1. The Morgan fingerprint density at radius 1 is 1.25 bits per heavy atom. The van der Waals surface area contributed by atoms with Crippen LogP contribution < -0.4 is 10.6 Å². The SMILES string of the molecule is Cc1cc(C(=O)O)c(NC(=O)Nc2cccc(Cl)c2)s1. The summed E-state index contributed by atoms with van der Waals surface area (Å²) in [5, 5.41) is 14.9. The van der Waals surface area contributed by atoms with E-state index in [1.54, 1.807) is 31.2 Å². The smallest absolute Gasteiger partial charge is 0.338 e. The summed E-state index contributed by atoms with van der Waals surface area (Å²) in [6.45, 7) is 1.77.